The van der Waals surface area contributed by atoms with Crippen molar-refractivity contribution in [2.24, 2.45) is 11.8 Å². The summed E-state index contributed by atoms with van der Waals surface area (Å²) in [6, 6.07) is 10.1. The van der Waals surface area contributed by atoms with Gasteiger partial charge >= 0.3 is 0 Å². The fraction of sp³-hybridized carbons (Fsp3) is 0.600. The first-order valence-electron chi connectivity index (χ1n) is 9.92. The Morgan fingerprint density at radius 3 is 2.30 bits per heavy atom. The second-order valence-electron chi connectivity index (χ2n) is 7.56. The summed E-state index contributed by atoms with van der Waals surface area (Å²) < 4.78 is 5.33. The second-order valence-corrected chi connectivity index (χ2v) is 7.56. The van der Waals surface area contributed by atoms with Crippen LogP contribution in [0.5, 0.6) is 0 Å². The van der Waals surface area contributed by atoms with E-state index < -0.39 is 0 Å². The van der Waals surface area contributed by atoms with Crippen molar-refractivity contribution >= 4 is 11.8 Å². The minimum atomic E-state index is -0.112. The van der Waals surface area contributed by atoms with Gasteiger partial charge in [-0.15, -0.1) is 0 Å². The van der Waals surface area contributed by atoms with Crippen molar-refractivity contribution in [3.05, 3.63) is 35.9 Å². The van der Waals surface area contributed by atoms with Crippen LogP contribution in [-0.2, 0) is 14.3 Å². The van der Waals surface area contributed by atoms with Crippen molar-refractivity contribution in [3.63, 3.8) is 0 Å². The zero-order chi connectivity index (χ0) is 18.6. The predicted octanol–water partition coefficient (Wildman–Crippen LogP) is 0.549. The quantitative estimate of drug-likeness (QED) is 0.811. The van der Waals surface area contributed by atoms with Crippen LogP contribution < -0.4 is 10.9 Å². The summed E-state index contributed by atoms with van der Waals surface area (Å²) in [7, 11) is 0. The number of hydrogen-bond donors (Lipinski definition) is 2. The lowest BCUT2D eigenvalue weighted by Gasteiger charge is -2.36. The number of ether oxygens (including phenoxy) is 1. The van der Waals surface area contributed by atoms with E-state index >= 15 is 0 Å². The van der Waals surface area contributed by atoms with Gasteiger partial charge in [0.2, 0.25) is 11.8 Å². The van der Waals surface area contributed by atoms with E-state index in [1.807, 2.05) is 28.0 Å². The average molecular weight is 372 g/mol. The molecule has 146 valence electrons. The lowest BCUT2D eigenvalue weighted by atomic mass is 9.91. The van der Waals surface area contributed by atoms with Gasteiger partial charge in [-0.05, 0) is 18.4 Å². The molecule has 2 amide bonds. The van der Waals surface area contributed by atoms with E-state index in [-0.39, 0.29) is 29.7 Å². The number of hydrazine groups is 1. The summed E-state index contributed by atoms with van der Waals surface area (Å²) in [6.07, 6.45) is 1.51. The van der Waals surface area contributed by atoms with Gasteiger partial charge in [-0.2, -0.15) is 0 Å². The fourth-order valence-corrected chi connectivity index (χ4v) is 4.33. The normalized spacial score (nSPS) is 27.0. The molecule has 2 N–H and O–H groups in total. The summed E-state index contributed by atoms with van der Waals surface area (Å²) in [4.78, 5) is 29.6. The van der Waals surface area contributed by atoms with Gasteiger partial charge in [-0.3, -0.25) is 15.0 Å². The van der Waals surface area contributed by atoms with E-state index in [1.165, 1.54) is 0 Å². The second kappa shape index (κ2) is 8.37. The maximum Gasteiger partial charge on any atom is 0.229 e. The smallest absolute Gasteiger partial charge is 0.229 e. The van der Waals surface area contributed by atoms with Crippen LogP contribution in [0.15, 0.2) is 30.3 Å². The highest BCUT2D eigenvalue weighted by Crippen LogP contribution is 2.28. The molecule has 27 heavy (non-hydrogen) atoms. The number of nitrogens with one attached hydrogen (secondary N) is 2. The van der Waals surface area contributed by atoms with E-state index in [9.17, 15) is 9.59 Å². The predicted molar refractivity (Wildman–Crippen MR) is 101 cm³/mol. The van der Waals surface area contributed by atoms with Crippen LogP contribution >= 0.6 is 0 Å². The monoisotopic (exact) mass is 372 g/mol. The highest BCUT2D eigenvalue weighted by Gasteiger charge is 2.38. The van der Waals surface area contributed by atoms with E-state index in [0.717, 1.165) is 18.4 Å². The van der Waals surface area contributed by atoms with Crippen LogP contribution in [0.4, 0.5) is 0 Å². The van der Waals surface area contributed by atoms with Crippen LogP contribution in [0.25, 0.3) is 0 Å². The third kappa shape index (κ3) is 4.00. The highest BCUT2D eigenvalue weighted by molar-refractivity contribution is 5.82. The van der Waals surface area contributed by atoms with Crippen molar-refractivity contribution in [2.45, 2.75) is 18.9 Å². The largest absolute Gasteiger partial charge is 0.378 e. The molecule has 3 aliphatic heterocycles. The number of carbonyl (C=O) groups is 2. The molecule has 2 atom stereocenters. The Morgan fingerprint density at radius 1 is 0.926 bits per heavy atom. The van der Waals surface area contributed by atoms with Crippen LogP contribution in [0.1, 0.15) is 24.4 Å². The summed E-state index contributed by atoms with van der Waals surface area (Å²) in [5.74, 6) is 0.339. The molecule has 1 aromatic carbocycles. The Hall–Kier alpha value is -1.96. The summed E-state index contributed by atoms with van der Waals surface area (Å²) in [6.45, 7) is 4.60. The molecule has 3 saturated heterocycles. The molecule has 3 fully saturated rings. The van der Waals surface area contributed by atoms with Crippen molar-refractivity contribution < 1.29 is 14.3 Å². The van der Waals surface area contributed by atoms with Gasteiger partial charge in [0, 0.05) is 38.6 Å². The van der Waals surface area contributed by atoms with E-state index in [1.54, 1.807) is 0 Å². The Labute approximate surface area is 160 Å². The SMILES string of the molecule is O=C(C1CCN(C(=O)C2CNNC2c2ccccc2)CC1)N1CCOCC1. The van der Waals surface area contributed by atoms with Crippen molar-refractivity contribution in [3.8, 4) is 0 Å². The molecule has 2 unspecified atom stereocenters. The molecule has 0 aliphatic carbocycles. The van der Waals surface area contributed by atoms with Crippen molar-refractivity contribution in [1.29, 1.82) is 0 Å². The molecule has 0 aromatic heterocycles. The Bertz CT molecular complexity index is 654. The highest BCUT2D eigenvalue weighted by atomic mass is 16.5. The summed E-state index contributed by atoms with van der Waals surface area (Å²) in [5.41, 5.74) is 7.51. The molecule has 1 aromatic rings. The molecule has 0 radical (unpaired) electrons. The van der Waals surface area contributed by atoms with Crippen LogP contribution in [0, 0.1) is 11.8 Å². The minimum absolute atomic E-state index is 0.00796. The number of hydrogen-bond acceptors (Lipinski definition) is 5. The van der Waals surface area contributed by atoms with E-state index in [2.05, 4.69) is 23.0 Å². The molecule has 7 heteroatoms. The van der Waals surface area contributed by atoms with Gasteiger partial charge in [0.25, 0.3) is 0 Å². The first-order chi connectivity index (χ1) is 13.2. The van der Waals surface area contributed by atoms with E-state index in [0.29, 0.717) is 45.9 Å². The van der Waals surface area contributed by atoms with Gasteiger partial charge in [-0.25, -0.2) is 5.43 Å². The lowest BCUT2D eigenvalue weighted by Crippen LogP contribution is -2.49. The maximum absolute atomic E-state index is 13.1. The van der Waals surface area contributed by atoms with E-state index in [4.69, 9.17) is 4.74 Å². The third-order valence-corrected chi connectivity index (χ3v) is 5.94. The Balaban J connectivity index is 1.33. The maximum atomic E-state index is 13.1. The van der Waals surface area contributed by atoms with Gasteiger partial charge < -0.3 is 14.5 Å². The fourth-order valence-electron chi connectivity index (χ4n) is 4.33. The molecular formula is C20H28N4O3. The Morgan fingerprint density at radius 2 is 1.59 bits per heavy atom. The molecule has 7 nitrogen and oxygen atoms in total. The molecule has 3 aliphatic rings. The average Bonchev–Trinajstić information content (AvgIpc) is 3.24. The van der Waals surface area contributed by atoms with Crippen LogP contribution in [0.3, 0.4) is 0 Å². The first kappa shape index (κ1) is 18.4. The topological polar surface area (TPSA) is 73.9 Å². The molecule has 0 saturated carbocycles. The number of carbonyl (C=O) groups excluding carboxylic acids is 2. The van der Waals surface area contributed by atoms with Gasteiger partial charge in [-0.1, -0.05) is 30.3 Å². The first-order valence-corrected chi connectivity index (χ1v) is 9.92. The van der Waals surface area contributed by atoms with Crippen LogP contribution in [-0.4, -0.2) is 67.6 Å². The molecule has 0 bridgehead atoms. The third-order valence-electron chi connectivity index (χ3n) is 5.94. The van der Waals surface area contributed by atoms with Gasteiger partial charge in [0.05, 0.1) is 25.2 Å². The standard InChI is InChI=1S/C20H28N4O3/c25-19(24-10-12-27-13-11-24)16-6-8-23(9-7-16)20(26)17-14-21-22-18(17)15-4-2-1-3-5-15/h1-5,16-18,21-22H,6-14H2. The van der Waals surface area contributed by atoms with Gasteiger partial charge in [0.15, 0.2) is 0 Å². The van der Waals surface area contributed by atoms with Gasteiger partial charge in [0.1, 0.15) is 0 Å². The number of piperidine rings is 1. The summed E-state index contributed by atoms with van der Waals surface area (Å²) >= 11 is 0. The minimum Gasteiger partial charge on any atom is -0.378 e. The number of rotatable bonds is 3. The Kier molecular flexibility index (Phi) is 5.71. The number of likely N-dealkylation sites (tertiary alicyclic amines) is 1. The number of morpholine rings is 1. The number of amides is 2. The van der Waals surface area contributed by atoms with Crippen molar-refractivity contribution in [1.82, 2.24) is 20.7 Å². The van der Waals surface area contributed by atoms with Crippen molar-refractivity contribution in [2.75, 3.05) is 45.9 Å². The number of nitrogens with zero attached hydrogens (tertiary/aromatic N) is 2. The van der Waals surface area contributed by atoms with Crippen LogP contribution in [0.2, 0.25) is 0 Å². The zero-order valence-electron chi connectivity index (χ0n) is 15.6. The molecule has 0 spiro atoms. The molecule has 3 heterocycles. The summed E-state index contributed by atoms with van der Waals surface area (Å²) in [5, 5.41) is 0. The molecule has 4 rings (SSSR count). The number of benzene rings is 1. The lowest BCUT2D eigenvalue weighted by molar-refractivity contribution is -0.145. The molecular weight excluding hydrogens is 344 g/mol. The zero-order valence-corrected chi connectivity index (χ0v) is 15.6.